The lowest BCUT2D eigenvalue weighted by atomic mass is 10.2. The number of hydrogen-bond donors (Lipinski definition) is 2. The van der Waals surface area contributed by atoms with Crippen molar-refractivity contribution >= 4 is 5.97 Å². The van der Waals surface area contributed by atoms with Crippen LogP contribution in [0, 0.1) is 0 Å². The Morgan fingerprint density at radius 2 is 2.46 bits per heavy atom. The predicted octanol–water partition coefficient (Wildman–Crippen LogP) is -1.13. The van der Waals surface area contributed by atoms with Crippen molar-refractivity contribution in [3.05, 3.63) is 6.33 Å². The first-order valence-electron chi connectivity index (χ1n) is 3.89. The van der Waals surface area contributed by atoms with Crippen molar-refractivity contribution in [2.24, 2.45) is 5.73 Å². The Labute approximate surface area is 74.5 Å². The summed E-state index contributed by atoms with van der Waals surface area (Å²) in [5, 5.41) is 19.0. The van der Waals surface area contributed by atoms with Crippen molar-refractivity contribution in [1.82, 2.24) is 20.2 Å². The van der Waals surface area contributed by atoms with E-state index in [2.05, 4.69) is 15.5 Å². The maximum absolute atomic E-state index is 10.3. The number of aryl methyl sites for hydroxylation is 1. The Morgan fingerprint density at radius 1 is 1.69 bits per heavy atom. The first-order valence-corrected chi connectivity index (χ1v) is 3.89. The van der Waals surface area contributed by atoms with Crippen molar-refractivity contribution < 1.29 is 9.90 Å². The summed E-state index contributed by atoms with van der Waals surface area (Å²) in [5.74, 6) is -0.975. The minimum absolute atomic E-state index is 0.426. The third-order valence-electron chi connectivity index (χ3n) is 1.61. The van der Waals surface area contributed by atoms with Crippen molar-refractivity contribution in [3.8, 4) is 0 Å². The number of carboxylic acid groups (broad SMARTS) is 1. The zero-order valence-corrected chi connectivity index (χ0v) is 7.00. The Balaban J connectivity index is 2.18. The van der Waals surface area contributed by atoms with Crippen LogP contribution in [-0.4, -0.2) is 37.3 Å². The van der Waals surface area contributed by atoms with Gasteiger partial charge in [-0.3, -0.25) is 4.79 Å². The van der Waals surface area contributed by atoms with Crippen LogP contribution in [0.2, 0.25) is 0 Å². The molecule has 7 nitrogen and oxygen atoms in total. The van der Waals surface area contributed by atoms with Crippen LogP contribution in [0.15, 0.2) is 6.33 Å². The van der Waals surface area contributed by atoms with Gasteiger partial charge in [0.1, 0.15) is 12.4 Å². The fourth-order valence-electron chi connectivity index (χ4n) is 0.879. The summed E-state index contributed by atoms with van der Waals surface area (Å²) in [7, 11) is 0. The van der Waals surface area contributed by atoms with Crippen LogP contribution in [0.4, 0.5) is 0 Å². The molecular weight excluding hydrogens is 174 g/mol. The number of carboxylic acids is 1. The summed E-state index contributed by atoms with van der Waals surface area (Å²) < 4.78 is 1.54. The van der Waals surface area contributed by atoms with E-state index in [1.165, 1.54) is 11.0 Å². The third-order valence-corrected chi connectivity index (χ3v) is 1.61. The summed E-state index contributed by atoms with van der Waals surface area (Å²) in [6.45, 7) is 0.591. The van der Waals surface area contributed by atoms with E-state index in [1.807, 2.05) is 0 Å². The van der Waals surface area contributed by atoms with Crippen LogP contribution in [0.5, 0.6) is 0 Å². The number of nitrogens with two attached hydrogens (primary N) is 1. The molecule has 13 heavy (non-hydrogen) atoms. The van der Waals surface area contributed by atoms with E-state index in [0.29, 0.717) is 19.4 Å². The zero-order chi connectivity index (χ0) is 9.68. The average molecular weight is 185 g/mol. The molecule has 0 aliphatic carbocycles. The van der Waals surface area contributed by atoms with Gasteiger partial charge in [0.15, 0.2) is 0 Å². The summed E-state index contributed by atoms with van der Waals surface area (Å²) in [6.07, 6.45) is 2.56. The minimum atomic E-state index is -0.975. The molecule has 0 radical (unpaired) electrons. The second-order valence-corrected chi connectivity index (χ2v) is 2.66. The average Bonchev–Trinajstić information content (AvgIpc) is 2.56. The van der Waals surface area contributed by atoms with Gasteiger partial charge >= 0.3 is 5.97 Å². The number of hydrogen-bond acceptors (Lipinski definition) is 5. The molecule has 0 fully saturated rings. The van der Waals surface area contributed by atoms with E-state index in [4.69, 9.17) is 10.8 Å². The number of nitrogens with zero attached hydrogens (tertiary/aromatic N) is 4. The molecule has 7 heteroatoms. The van der Waals surface area contributed by atoms with Gasteiger partial charge < -0.3 is 10.8 Å². The van der Waals surface area contributed by atoms with E-state index in [-0.39, 0.29) is 0 Å². The highest BCUT2D eigenvalue weighted by molar-refractivity contribution is 5.72. The van der Waals surface area contributed by atoms with Gasteiger partial charge in [-0.05, 0) is 23.3 Å². The highest BCUT2D eigenvalue weighted by Gasteiger charge is 2.10. The van der Waals surface area contributed by atoms with E-state index < -0.39 is 12.0 Å². The summed E-state index contributed by atoms with van der Waals surface area (Å²) >= 11 is 0. The molecule has 0 amide bonds. The van der Waals surface area contributed by atoms with Crippen molar-refractivity contribution in [3.63, 3.8) is 0 Å². The van der Waals surface area contributed by atoms with E-state index >= 15 is 0 Å². The molecule has 0 spiro atoms. The number of aromatic nitrogens is 4. The van der Waals surface area contributed by atoms with E-state index in [0.717, 1.165) is 0 Å². The lowest BCUT2D eigenvalue weighted by molar-refractivity contribution is -0.138. The molecule has 0 saturated carbocycles. The van der Waals surface area contributed by atoms with Gasteiger partial charge in [0.05, 0.1) is 0 Å². The van der Waals surface area contributed by atoms with Crippen LogP contribution in [0.1, 0.15) is 12.8 Å². The van der Waals surface area contributed by atoms with Crippen LogP contribution in [-0.2, 0) is 11.3 Å². The minimum Gasteiger partial charge on any atom is -0.480 e. The molecule has 1 aromatic rings. The largest absolute Gasteiger partial charge is 0.480 e. The molecule has 1 atom stereocenters. The van der Waals surface area contributed by atoms with Gasteiger partial charge in [0, 0.05) is 6.54 Å². The number of carbonyl (C=O) groups is 1. The molecule has 0 saturated heterocycles. The predicted molar refractivity (Wildman–Crippen MR) is 42.7 cm³/mol. The number of rotatable bonds is 5. The number of aliphatic carboxylic acids is 1. The first-order chi connectivity index (χ1) is 6.20. The molecule has 1 unspecified atom stereocenters. The summed E-state index contributed by atoms with van der Waals surface area (Å²) in [4.78, 5) is 10.3. The standard InChI is InChI=1S/C6H11N5O2/c7-5(6(12)13)2-1-3-11-4-8-9-10-11/h4-5H,1-3,7H2,(H,12,13). The molecule has 0 bridgehead atoms. The second kappa shape index (κ2) is 4.51. The van der Waals surface area contributed by atoms with Gasteiger partial charge in [-0.1, -0.05) is 0 Å². The van der Waals surface area contributed by atoms with Crippen molar-refractivity contribution in [2.45, 2.75) is 25.4 Å². The maximum atomic E-state index is 10.3. The van der Waals surface area contributed by atoms with E-state index in [9.17, 15) is 4.79 Å². The van der Waals surface area contributed by atoms with Gasteiger partial charge in [-0.15, -0.1) is 5.10 Å². The monoisotopic (exact) mass is 185 g/mol. The molecule has 1 heterocycles. The maximum Gasteiger partial charge on any atom is 0.320 e. The van der Waals surface area contributed by atoms with Gasteiger partial charge in [-0.2, -0.15) is 0 Å². The highest BCUT2D eigenvalue weighted by Crippen LogP contribution is 1.96. The van der Waals surface area contributed by atoms with Gasteiger partial charge in [0.2, 0.25) is 0 Å². The summed E-state index contributed by atoms with van der Waals surface area (Å²) in [6, 6.07) is -0.795. The fourth-order valence-corrected chi connectivity index (χ4v) is 0.879. The third kappa shape index (κ3) is 3.16. The molecule has 1 rings (SSSR count). The first kappa shape index (κ1) is 9.59. The van der Waals surface area contributed by atoms with Crippen LogP contribution in [0.25, 0.3) is 0 Å². The van der Waals surface area contributed by atoms with Crippen LogP contribution < -0.4 is 5.73 Å². The molecule has 1 aromatic heterocycles. The Morgan fingerprint density at radius 3 is 3.00 bits per heavy atom. The number of tetrazole rings is 1. The smallest absolute Gasteiger partial charge is 0.320 e. The van der Waals surface area contributed by atoms with Crippen LogP contribution in [0.3, 0.4) is 0 Å². The summed E-state index contributed by atoms with van der Waals surface area (Å²) in [5.41, 5.74) is 5.30. The van der Waals surface area contributed by atoms with Gasteiger partial charge in [-0.25, -0.2) is 4.68 Å². The Bertz CT molecular complexity index is 260. The van der Waals surface area contributed by atoms with Crippen LogP contribution >= 0.6 is 0 Å². The quantitative estimate of drug-likeness (QED) is 0.600. The lowest BCUT2D eigenvalue weighted by Crippen LogP contribution is -2.30. The van der Waals surface area contributed by atoms with Crippen molar-refractivity contribution in [1.29, 1.82) is 0 Å². The van der Waals surface area contributed by atoms with E-state index in [1.54, 1.807) is 0 Å². The Kier molecular flexibility index (Phi) is 3.32. The van der Waals surface area contributed by atoms with Crippen molar-refractivity contribution in [2.75, 3.05) is 0 Å². The topological polar surface area (TPSA) is 107 Å². The molecule has 0 aromatic carbocycles. The fraction of sp³-hybridized carbons (Fsp3) is 0.667. The Hall–Kier alpha value is -1.50. The molecule has 0 aliphatic rings. The highest BCUT2D eigenvalue weighted by atomic mass is 16.4. The lowest BCUT2D eigenvalue weighted by Gasteiger charge is -2.04. The van der Waals surface area contributed by atoms with Gasteiger partial charge in [0.25, 0.3) is 0 Å². The molecule has 3 N–H and O–H groups in total. The molecular formula is C6H11N5O2. The zero-order valence-electron chi connectivity index (χ0n) is 7.00. The molecule has 72 valence electrons. The SMILES string of the molecule is NC(CCCn1cnnn1)C(=O)O. The molecule has 0 aliphatic heterocycles. The second-order valence-electron chi connectivity index (χ2n) is 2.66. The normalized spacial score (nSPS) is 12.7.